The highest BCUT2D eigenvalue weighted by Crippen LogP contribution is 2.72. The lowest BCUT2D eigenvalue weighted by atomic mass is 9.42. The number of Topliss-reactive ketones (excluding diaryl/α,β-unsaturated/α-hetero) is 1. The number of carboxylic acids is 1. The number of aliphatic hydroxyl groups is 3. The standard InChI is InChI=1S/C38H60O10/c1-21(11-14-28(40)34(5,6)45)23-15-16-37(9)24-12-13-27-33(3,4)32(47-22(2)39)26(48-31(44)20-35(7,46)19-30(42)43)18-36(27,8)25(24)17-29(41)38(23,37)10/h21,23,26-27,29,32,41,45-46H,11-20H2,1-10H3,(H,42,43)/t21-,23-,26-,27+,29-,32+,35-,36-,37+,38+/m1/s1. The first-order chi connectivity index (χ1) is 21.8. The first-order valence-corrected chi connectivity index (χ1v) is 17.8. The maximum atomic E-state index is 13.2. The summed E-state index contributed by atoms with van der Waals surface area (Å²) >= 11 is 0. The van der Waals surface area contributed by atoms with Gasteiger partial charge in [0.1, 0.15) is 17.8 Å². The third-order valence-electron chi connectivity index (χ3n) is 13.6. The monoisotopic (exact) mass is 676 g/mol. The molecule has 0 spiro atoms. The highest BCUT2D eigenvalue weighted by atomic mass is 16.6. The number of esters is 2. The molecule has 10 nitrogen and oxygen atoms in total. The molecule has 2 fully saturated rings. The van der Waals surface area contributed by atoms with Crippen molar-refractivity contribution in [3.63, 3.8) is 0 Å². The predicted molar refractivity (Wildman–Crippen MR) is 178 cm³/mol. The molecule has 0 aromatic heterocycles. The average Bonchev–Trinajstić information content (AvgIpc) is 3.20. The highest BCUT2D eigenvalue weighted by Gasteiger charge is 2.68. The predicted octanol–water partition coefficient (Wildman–Crippen LogP) is 5.53. The smallest absolute Gasteiger partial charge is 0.309 e. The van der Waals surface area contributed by atoms with E-state index in [1.165, 1.54) is 38.8 Å². The minimum Gasteiger partial charge on any atom is -0.481 e. The van der Waals surface area contributed by atoms with Crippen LogP contribution in [0.4, 0.5) is 0 Å². The minimum absolute atomic E-state index is 0.0577. The molecule has 4 aliphatic carbocycles. The Morgan fingerprint density at radius 3 is 2.15 bits per heavy atom. The van der Waals surface area contributed by atoms with Gasteiger partial charge in [-0.15, -0.1) is 0 Å². The lowest BCUT2D eigenvalue weighted by Gasteiger charge is -2.64. The van der Waals surface area contributed by atoms with Crippen molar-refractivity contribution in [1.29, 1.82) is 0 Å². The summed E-state index contributed by atoms with van der Waals surface area (Å²) < 4.78 is 11.9. The van der Waals surface area contributed by atoms with Gasteiger partial charge >= 0.3 is 17.9 Å². The zero-order valence-corrected chi connectivity index (χ0v) is 30.8. The molecule has 4 aliphatic rings. The SMILES string of the molecule is CC(=O)O[C@H]1[C@H](OC(=O)C[C@](C)(O)CC(=O)O)C[C@]2(C)C3=C(CC[C@H]2C1(C)C)[C@]1(C)CC[C@H]([C@H](C)CCC(=O)C(C)(C)O)[C@@]1(C)[C@H](O)C3. The van der Waals surface area contributed by atoms with Gasteiger partial charge in [0.2, 0.25) is 0 Å². The zero-order chi connectivity index (χ0) is 36.4. The fourth-order valence-electron chi connectivity index (χ4n) is 11.0. The van der Waals surface area contributed by atoms with E-state index < -0.39 is 76.5 Å². The topological polar surface area (TPSA) is 168 Å². The second kappa shape index (κ2) is 12.8. The lowest BCUT2D eigenvalue weighted by Crippen LogP contribution is -2.62. The van der Waals surface area contributed by atoms with Gasteiger partial charge in [0, 0.05) is 24.2 Å². The van der Waals surface area contributed by atoms with E-state index in [0.717, 1.165) is 25.7 Å². The molecule has 0 aromatic rings. The van der Waals surface area contributed by atoms with E-state index in [4.69, 9.17) is 9.47 Å². The van der Waals surface area contributed by atoms with Crippen molar-refractivity contribution < 1.29 is 49.1 Å². The highest BCUT2D eigenvalue weighted by molar-refractivity contribution is 5.86. The molecular weight excluding hydrogens is 616 g/mol. The molecule has 4 rings (SSSR count). The van der Waals surface area contributed by atoms with Crippen LogP contribution in [0.2, 0.25) is 0 Å². The van der Waals surface area contributed by atoms with Crippen molar-refractivity contribution in [3.8, 4) is 0 Å². The Morgan fingerprint density at radius 1 is 0.958 bits per heavy atom. The fourth-order valence-corrected chi connectivity index (χ4v) is 11.0. The number of carbonyl (C=O) groups is 4. The molecule has 0 amide bonds. The number of ether oxygens (including phenoxy) is 2. The summed E-state index contributed by atoms with van der Waals surface area (Å²) in [5.74, 6) is -2.23. The van der Waals surface area contributed by atoms with Crippen molar-refractivity contribution in [2.45, 2.75) is 163 Å². The number of hydrogen-bond acceptors (Lipinski definition) is 9. The Hall–Kier alpha value is -2.30. The molecule has 10 heteroatoms. The molecule has 0 aromatic carbocycles. The molecule has 0 heterocycles. The van der Waals surface area contributed by atoms with Crippen molar-refractivity contribution in [2.75, 3.05) is 0 Å². The number of aliphatic hydroxyl groups excluding tert-OH is 1. The molecular formula is C38H60O10. The second-order valence-electron chi connectivity index (χ2n) is 17.8. The Kier molecular flexibility index (Phi) is 10.3. The second-order valence-corrected chi connectivity index (χ2v) is 17.8. The number of hydrogen-bond donors (Lipinski definition) is 4. The summed E-state index contributed by atoms with van der Waals surface area (Å²) in [6.45, 7) is 18.6. The molecule has 0 saturated heterocycles. The normalized spacial score (nSPS) is 37.7. The van der Waals surface area contributed by atoms with E-state index in [0.29, 0.717) is 25.7 Å². The van der Waals surface area contributed by atoms with Crippen LogP contribution in [-0.4, -0.2) is 73.6 Å². The molecule has 0 radical (unpaired) electrons. The van der Waals surface area contributed by atoms with Gasteiger partial charge in [-0.3, -0.25) is 19.2 Å². The van der Waals surface area contributed by atoms with Crippen LogP contribution in [-0.2, 0) is 28.7 Å². The Balaban J connectivity index is 1.70. The lowest BCUT2D eigenvalue weighted by molar-refractivity contribution is -0.208. The average molecular weight is 677 g/mol. The van der Waals surface area contributed by atoms with Gasteiger partial charge in [0.25, 0.3) is 0 Å². The van der Waals surface area contributed by atoms with Crippen LogP contribution in [0.1, 0.15) is 133 Å². The van der Waals surface area contributed by atoms with Gasteiger partial charge in [-0.1, -0.05) is 52.7 Å². The van der Waals surface area contributed by atoms with Crippen LogP contribution in [0.3, 0.4) is 0 Å². The molecule has 0 aliphatic heterocycles. The van der Waals surface area contributed by atoms with E-state index in [9.17, 15) is 39.6 Å². The number of ketones is 1. The number of allylic oxidation sites excluding steroid dienone is 1. The first-order valence-electron chi connectivity index (χ1n) is 17.8. The Labute approximate surface area is 286 Å². The van der Waals surface area contributed by atoms with Crippen molar-refractivity contribution in [2.24, 2.45) is 39.4 Å². The van der Waals surface area contributed by atoms with E-state index >= 15 is 0 Å². The molecule has 0 bridgehead atoms. The quantitative estimate of drug-likeness (QED) is 0.161. The Bertz CT molecular complexity index is 1340. The summed E-state index contributed by atoms with van der Waals surface area (Å²) in [7, 11) is 0. The summed E-state index contributed by atoms with van der Waals surface area (Å²) in [6.07, 6.45) is 1.94. The largest absolute Gasteiger partial charge is 0.481 e. The fraction of sp³-hybridized carbons (Fsp3) is 0.842. The summed E-state index contributed by atoms with van der Waals surface area (Å²) in [4.78, 5) is 49.4. The third kappa shape index (κ3) is 6.62. The van der Waals surface area contributed by atoms with Crippen LogP contribution in [0.15, 0.2) is 11.1 Å². The molecule has 272 valence electrons. The van der Waals surface area contributed by atoms with Gasteiger partial charge in [-0.2, -0.15) is 0 Å². The maximum absolute atomic E-state index is 13.2. The van der Waals surface area contributed by atoms with E-state index in [1.807, 2.05) is 13.8 Å². The first kappa shape index (κ1) is 38.5. The van der Waals surface area contributed by atoms with E-state index in [1.54, 1.807) is 0 Å². The summed E-state index contributed by atoms with van der Waals surface area (Å²) in [5, 5.41) is 42.2. The van der Waals surface area contributed by atoms with Crippen molar-refractivity contribution in [1.82, 2.24) is 0 Å². The number of rotatable bonds is 11. The summed E-state index contributed by atoms with van der Waals surface area (Å²) in [5.41, 5.74) is -2.41. The maximum Gasteiger partial charge on any atom is 0.309 e. The van der Waals surface area contributed by atoms with Crippen LogP contribution in [0.25, 0.3) is 0 Å². The zero-order valence-electron chi connectivity index (χ0n) is 30.8. The van der Waals surface area contributed by atoms with E-state index in [-0.39, 0.29) is 29.0 Å². The number of fused-ring (bicyclic) bond motifs is 4. The number of aliphatic carboxylic acids is 1. The van der Waals surface area contributed by atoms with Crippen molar-refractivity contribution in [3.05, 3.63) is 11.1 Å². The van der Waals surface area contributed by atoms with Crippen LogP contribution < -0.4 is 0 Å². The van der Waals surface area contributed by atoms with Crippen LogP contribution >= 0.6 is 0 Å². The minimum atomic E-state index is -1.80. The third-order valence-corrected chi connectivity index (χ3v) is 13.6. The van der Waals surface area contributed by atoms with Gasteiger partial charge < -0.3 is 29.9 Å². The summed E-state index contributed by atoms with van der Waals surface area (Å²) in [6, 6.07) is 0. The molecule has 48 heavy (non-hydrogen) atoms. The van der Waals surface area contributed by atoms with Crippen LogP contribution in [0.5, 0.6) is 0 Å². The van der Waals surface area contributed by atoms with Crippen molar-refractivity contribution >= 4 is 23.7 Å². The molecule has 10 atom stereocenters. The van der Waals surface area contributed by atoms with Gasteiger partial charge in [-0.05, 0) is 94.3 Å². The van der Waals surface area contributed by atoms with Crippen LogP contribution in [0, 0.1) is 39.4 Å². The molecule has 0 unspecified atom stereocenters. The molecule has 4 N–H and O–H groups in total. The Morgan fingerprint density at radius 2 is 1.58 bits per heavy atom. The number of carbonyl (C=O) groups excluding carboxylic acids is 3. The van der Waals surface area contributed by atoms with Gasteiger partial charge in [0.05, 0.1) is 24.5 Å². The van der Waals surface area contributed by atoms with Gasteiger partial charge in [0.15, 0.2) is 5.78 Å². The van der Waals surface area contributed by atoms with E-state index in [2.05, 4.69) is 27.7 Å². The molecule has 2 saturated carbocycles. The van der Waals surface area contributed by atoms with Gasteiger partial charge in [-0.25, -0.2) is 0 Å². The number of carboxylic acid groups (broad SMARTS) is 1.